The van der Waals surface area contributed by atoms with Gasteiger partial charge in [-0.15, -0.1) is 11.8 Å². The summed E-state index contributed by atoms with van der Waals surface area (Å²) >= 11 is 1.18. The van der Waals surface area contributed by atoms with E-state index in [1.165, 1.54) is 18.1 Å². The van der Waals surface area contributed by atoms with Gasteiger partial charge in [-0.25, -0.2) is 4.98 Å². The Morgan fingerprint density at radius 2 is 2.47 bits per heavy atom. The summed E-state index contributed by atoms with van der Waals surface area (Å²) in [5.74, 6) is -0.890. The fourth-order valence-electron chi connectivity index (χ4n) is 0.966. The van der Waals surface area contributed by atoms with E-state index in [2.05, 4.69) is 9.97 Å². The molecule has 7 heteroatoms. The second kappa shape index (κ2) is 4.83. The Labute approximate surface area is 89.9 Å². The standard InChI is InChI=1S/C8H11N3O3S/c1-4(2-5(12)13)15-8-6(9)7(14)10-3-11-8/h3-4H,2,9H2,1H3,(H,12,13)(H,10,11,14). The zero-order valence-corrected chi connectivity index (χ0v) is 8.87. The van der Waals surface area contributed by atoms with Crippen LogP contribution in [0.25, 0.3) is 0 Å². The van der Waals surface area contributed by atoms with Crippen LogP contribution in [0.2, 0.25) is 0 Å². The molecule has 1 unspecified atom stereocenters. The summed E-state index contributed by atoms with van der Waals surface area (Å²) < 4.78 is 0. The van der Waals surface area contributed by atoms with Gasteiger partial charge in [0.05, 0.1) is 12.7 Å². The number of aromatic nitrogens is 2. The van der Waals surface area contributed by atoms with Crippen LogP contribution >= 0.6 is 11.8 Å². The summed E-state index contributed by atoms with van der Waals surface area (Å²) in [5, 5.41) is 8.74. The zero-order chi connectivity index (χ0) is 11.4. The van der Waals surface area contributed by atoms with Gasteiger partial charge in [0, 0.05) is 5.25 Å². The number of carboxylic acid groups (broad SMARTS) is 1. The highest BCUT2D eigenvalue weighted by Crippen LogP contribution is 2.25. The molecule has 0 radical (unpaired) electrons. The number of H-pyrrole nitrogens is 1. The molecule has 0 aliphatic rings. The van der Waals surface area contributed by atoms with Gasteiger partial charge < -0.3 is 15.8 Å². The number of rotatable bonds is 4. The quantitative estimate of drug-likeness (QED) is 0.506. The number of carbonyl (C=O) groups is 1. The van der Waals surface area contributed by atoms with E-state index in [4.69, 9.17) is 10.8 Å². The molecular weight excluding hydrogens is 218 g/mol. The van der Waals surface area contributed by atoms with Crippen LogP contribution in [-0.4, -0.2) is 26.3 Å². The molecule has 82 valence electrons. The van der Waals surface area contributed by atoms with E-state index < -0.39 is 11.5 Å². The summed E-state index contributed by atoms with van der Waals surface area (Å²) in [6.07, 6.45) is 1.24. The maximum absolute atomic E-state index is 11.1. The Bertz CT molecular complexity index is 418. The van der Waals surface area contributed by atoms with Crippen molar-refractivity contribution >= 4 is 23.4 Å². The highest BCUT2D eigenvalue weighted by molar-refractivity contribution is 8.00. The molecule has 1 aromatic rings. The number of thioether (sulfide) groups is 1. The molecule has 1 atom stereocenters. The summed E-state index contributed by atoms with van der Waals surface area (Å²) in [6, 6.07) is 0. The second-order valence-electron chi connectivity index (χ2n) is 2.98. The smallest absolute Gasteiger partial charge is 0.304 e. The lowest BCUT2D eigenvalue weighted by Gasteiger charge is -2.08. The average Bonchev–Trinajstić information content (AvgIpc) is 2.11. The van der Waals surface area contributed by atoms with Crippen molar-refractivity contribution in [1.82, 2.24) is 9.97 Å². The van der Waals surface area contributed by atoms with Crippen molar-refractivity contribution in [2.75, 3.05) is 5.73 Å². The third-order valence-electron chi connectivity index (χ3n) is 1.63. The van der Waals surface area contributed by atoms with Crippen molar-refractivity contribution in [3.8, 4) is 0 Å². The average molecular weight is 229 g/mol. The van der Waals surface area contributed by atoms with Crippen LogP contribution in [-0.2, 0) is 4.79 Å². The molecule has 0 aliphatic carbocycles. The Kier molecular flexibility index (Phi) is 3.73. The SMILES string of the molecule is CC(CC(=O)O)Sc1nc[nH]c(=O)c1N. The van der Waals surface area contributed by atoms with Crippen molar-refractivity contribution < 1.29 is 9.90 Å². The first-order chi connectivity index (χ1) is 7.00. The third kappa shape index (κ3) is 3.28. The van der Waals surface area contributed by atoms with Gasteiger partial charge in [-0.1, -0.05) is 6.92 Å². The summed E-state index contributed by atoms with van der Waals surface area (Å²) in [7, 11) is 0. The van der Waals surface area contributed by atoms with Gasteiger partial charge in [-0.05, 0) is 0 Å². The van der Waals surface area contributed by atoms with Crippen LogP contribution in [0.3, 0.4) is 0 Å². The predicted octanol–water partition coefficient (Wildman–Crippen LogP) is 0.307. The van der Waals surface area contributed by atoms with Gasteiger partial charge >= 0.3 is 5.97 Å². The normalized spacial score (nSPS) is 12.3. The fourth-order valence-corrected chi connectivity index (χ4v) is 1.91. The molecule has 1 rings (SSSR count). The molecule has 0 aliphatic heterocycles. The lowest BCUT2D eigenvalue weighted by molar-refractivity contribution is -0.136. The number of nitrogens with zero attached hydrogens (tertiary/aromatic N) is 1. The van der Waals surface area contributed by atoms with Crippen molar-refractivity contribution in [3.63, 3.8) is 0 Å². The first-order valence-electron chi connectivity index (χ1n) is 4.22. The minimum atomic E-state index is -0.890. The minimum Gasteiger partial charge on any atom is -0.481 e. The topological polar surface area (TPSA) is 109 Å². The predicted molar refractivity (Wildman–Crippen MR) is 56.8 cm³/mol. The van der Waals surface area contributed by atoms with Gasteiger partial charge in [-0.2, -0.15) is 0 Å². The summed E-state index contributed by atoms with van der Waals surface area (Å²) in [6.45, 7) is 1.74. The van der Waals surface area contributed by atoms with E-state index in [1.54, 1.807) is 6.92 Å². The van der Waals surface area contributed by atoms with Crippen molar-refractivity contribution in [2.24, 2.45) is 0 Å². The largest absolute Gasteiger partial charge is 0.481 e. The molecule has 0 amide bonds. The van der Waals surface area contributed by atoms with E-state index in [0.717, 1.165) is 0 Å². The molecule has 1 aromatic heterocycles. The van der Waals surface area contributed by atoms with E-state index in [-0.39, 0.29) is 17.4 Å². The minimum absolute atomic E-state index is 0.00140. The number of carboxylic acids is 1. The molecule has 0 saturated carbocycles. The van der Waals surface area contributed by atoms with Crippen LogP contribution in [0.15, 0.2) is 16.1 Å². The van der Waals surface area contributed by atoms with Gasteiger partial charge in [0.1, 0.15) is 10.7 Å². The Morgan fingerprint density at radius 1 is 1.80 bits per heavy atom. The van der Waals surface area contributed by atoms with Gasteiger partial charge in [-0.3, -0.25) is 9.59 Å². The summed E-state index contributed by atoms with van der Waals surface area (Å²) in [4.78, 5) is 27.7. The van der Waals surface area contributed by atoms with Crippen LogP contribution in [0.1, 0.15) is 13.3 Å². The van der Waals surface area contributed by atoms with Gasteiger partial charge in [0.15, 0.2) is 0 Å². The molecule has 0 fully saturated rings. The molecule has 0 bridgehead atoms. The van der Waals surface area contributed by atoms with Crippen molar-refractivity contribution in [2.45, 2.75) is 23.6 Å². The second-order valence-corrected chi connectivity index (χ2v) is 4.40. The van der Waals surface area contributed by atoms with Crippen LogP contribution in [0, 0.1) is 0 Å². The molecule has 6 nitrogen and oxygen atoms in total. The number of hydrogen-bond acceptors (Lipinski definition) is 5. The fraction of sp³-hybridized carbons (Fsp3) is 0.375. The first-order valence-corrected chi connectivity index (χ1v) is 5.10. The lowest BCUT2D eigenvalue weighted by atomic mass is 10.3. The van der Waals surface area contributed by atoms with Crippen molar-refractivity contribution in [1.29, 1.82) is 0 Å². The van der Waals surface area contributed by atoms with Crippen LogP contribution in [0.5, 0.6) is 0 Å². The Balaban J connectivity index is 2.76. The van der Waals surface area contributed by atoms with Crippen LogP contribution < -0.4 is 11.3 Å². The van der Waals surface area contributed by atoms with E-state index in [1.807, 2.05) is 0 Å². The first kappa shape index (κ1) is 11.6. The Morgan fingerprint density at radius 3 is 3.07 bits per heavy atom. The number of aromatic amines is 1. The molecule has 15 heavy (non-hydrogen) atoms. The highest BCUT2D eigenvalue weighted by Gasteiger charge is 2.13. The number of nitrogen functional groups attached to an aromatic ring is 1. The molecule has 1 heterocycles. The Hall–Kier alpha value is -1.50. The van der Waals surface area contributed by atoms with E-state index in [9.17, 15) is 9.59 Å². The number of anilines is 1. The third-order valence-corrected chi connectivity index (χ3v) is 2.74. The number of nitrogens with two attached hydrogens (primary N) is 1. The maximum atomic E-state index is 11.1. The number of aliphatic carboxylic acids is 1. The lowest BCUT2D eigenvalue weighted by Crippen LogP contribution is -2.14. The number of hydrogen-bond donors (Lipinski definition) is 3. The van der Waals surface area contributed by atoms with E-state index >= 15 is 0 Å². The van der Waals surface area contributed by atoms with Gasteiger partial charge in [0.2, 0.25) is 0 Å². The monoisotopic (exact) mass is 229 g/mol. The summed E-state index contributed by atoms with van der Waals surface area (Å²) in [5.41, 5.74) is 5.11. The number of nitrogens with one attached hydrogen (secondary N) is 1. The molecule has 0 aromatic carbocycles. The van der Waals surface area contributed by atoms with Crippen LogP contribution in [0.4, 0.5) is 5.69 Å². The molecular formula is C8H11N3O3S. The zero-order valence-electron chi connectivity index (χ0n) is 8.06. The van der Waals surface area contributed by atoms with E-state index in [0.29, 0.717) is 5.03 Å². The molecule has 4 N–H and O–H groups in total. The maximum Gasteiger partial charge on any atom is 0.304 e. The van der Waals surface area contributed by atoms with Crippen molar-refractivity contribution in [3.05, 3.63) is 16.7 Å². The molecule has 0 saturated heterocycles. The van der Waals surface area contributed by atoms with Gasteiger partial charge in [0.25, 0.3) is 5.56 Å². The highest BCUT2D eigenvalue weighted by atomic mass is 32.2. The molecule has 0 spiro atoms.